The van der Waals surface area contributed by atoms with Crippen LogP contribution in [-0.4, -0.2) is 4.92 Å². The second-order valence-corrected chi connectivity index (χ2v) is 3.97. The predicted octanol–water partition coefficient (Wildman–Crippen LogP) is 2.33. The molecule has 1 aromatic heterocycles. The van der Waals surface area contributed by atoms with Crippen molar-refractivity contribution >= 4 is 11.5 Å². The zero-order valence-corrected chi connectivity index (χ0v) is 10.0. The van der Waals surface area contributed by atoms with Gasteiger partial charge in [-0.1, -0.05) is 24.3 Å². The van der Waals surface area contributed by atoms with Gasteiger partial charge in [-0.3, -0.25) is 15.4 Å². The quantitative estimate of drug-likeness (QED) is 0.662. The third-order valence-electron chi connectivity index (χ3n) is 2.75. The number of nitrogens with one attached hydrogen (secondary N) is 2. The molecular formula is C13H14N3O2+. The van der Waals surface area contributed by atoms with E-state index in [0.29, 0.717) is 12.4 Å². The van der Waals surface area contributed by atoms with Crippen LogP contribution >= 0.6 is 0 Å². The van der Waals surface area contributed by atoms with Crippen molar-refractivity contribution in [1.82, 2.24) is 0 Å². The number of hydrogen-bond donors (Lipinski definition) is 1. The Morgan fingerprint density at radius 2 is 2.06 bits per heavy atom. The maximum atomic E-state index is 10.8. The van der Waals surface area contributed by atoms with Crippen LogP contribution in [0.1, 0.15) is 11.1 Å². The number of benzene rings is 1. The summed E-state index contributed by atoms with van der Waals surface area (Å²) in [6.07, 6.45) is 1.66. The maximum Gasteiger partial charge on any atom is 0.357 e. The third-order valence-corrected chi connectivity index (χ3v) is 2.75. The van der Waals surface area contributed by atoms with Crippen molar-refractivity contribution in [3.8, 4) is 0 Å². The van der Waals surface area contributed by atoms with Crippen LogP contribution in [-0.2, 0) is 6.54 Å². The summed E-state index contributed by atoms with van der Waals surface area (Å²) in [5.74, 6) is 0.422. The summed E-state index contributed by atoms with van der Waals surface area (Å²) in [5.41, 5.74) is 2.32. The van der Waals surface area contributed by atoms with Crippen molar-refractivity contribution in [3.63, 3.8) is 0 Å². The Kier molecular flexibility index (Phi) is 3.52. The minimum Gasteiger partial charge on any atom is -0.264 e. The number of hydrogen-bond acceptors (Lipinski definition) is 3. The summed E-state index contributed by atoms with van der Waals surface area (Å²) in [5, 5.41) is 13.9. The number of aryl methyl sites for hydroxylation is 1. The van der Waals surface area contributed by atoms with Gasteiger partial charge in [0.15, 0.2) is 0 Å². The summed E-state index contributed by atoms with van der Waals surface area (Å²) in [4.78, 5) is 13.3. The molecule has 1 aromatic carbocycles. The highest BCUT2D eigenvalue weighted by Gasteiger charge is 2.19. The molecule has 0 unspecified atom stereocenters. The SMILES string of the molecule is Cc1ccccc1CNc1[nH+]cccc1[N+](=O)[O-]. The molecule has 0 amide bonds. The number of aromatic nitrogens is 1. The molecule has 0 saturated heterocycles. The summed E-state index contributed by atoms with van der Waals surface area (Å²) < 4.78 is 0. The first-order chi connectivity index (χ1) is 8.68. The molecule has 0 bridgehead atoms. The van der Waals surface area contributed by atoms with Gasteiger partial charge < -0.3 is 0 Å². The highest BCUT2D eigenvalue weighted by atomic mass is 16.6. The van der Waals surface area contributed by atoms with E-state index < -0.39 is 4.92 Å². The van der Waals surface area contributed by atoms with E-state index in [9.17, 15) is 10.1 Å². The van der Waals surface area contributed by atoms with Crippen molar-refractivity contribution in [3.05, 3.63) is 63.8 Å². The minimum absolute atomic E-state index is 0.0473. The van der Waals surface area contributed by atoms with Crippen LogP contribution in [0.15, 0.2) is 42.6 Å². The van der Waals surface area contributed by atoms with E-state index in [0.717, 1.165) is 11.1 Å². The Bertz CT molecular complexity index is 570. The summed E-state index contributed by atoms with van der Waals surface area (Å²) in [7, 11) is 0. The fourth-order valence-corrected chi connectivity index (χ4v) is 1.71. The number of nitrogens with zero attached hydrogens (tertiary/aromatic N) is 1. The van der Waals surface area contributed by atoms with Crippen molar-refractivity contribution in [2.75, 3.05) is 5.32 Å². The molecular weight excluding hydrogens is 230 g/mol. The van der Waals surface area contributed by atoms with Gasteiger partial charge in [0.1, 0.15) is 6.54 Å². The highest BCUT2D eigenvalue weighted by molar-refractivity contribution is 5.51. The number of aromatic amines is 1. The number of anilines is 1. The fourth-order valence-electron chi connectivity index (χ4n) is 1.71. The topological polar surface area (TPSA) is 69.3 Å². The van der Waals surface area contributed by atoms with Gasteiger partial charge in [0.05, 0.1) is 11.1 Å². The van der Waals surface area contributed by atoms with Gasteiger partial charge in [-0.2, -0.15) is 0 Å². The number of rotatable bonds is 4. The molecule has 18 heavy (non-hydrogen) atoms. The van der Waals surface area contributed by atoms with Crippen LogP contribution < -0.4 is 10.3 Å². The van der Waals surface area contributed by atoms with Crippen LogP contribution in [0, 0.1) is 17.0 Å². The molecule has 0 spiro atoms. The van der Waals surface area contributed by atoms with Gasteiger partial charge in [0.2, 0.25) is 0 Å². The maximum absolute atomic E-state index is 10.8. The molecule has 2 N–H and O–H groups in total. The molecule has 5 nitrogen and oxygen atoms in total. The largest absolute Gasteiger partial charge is 0.357 e. The zero-order chi connectivity index (χ0) is 13.0. The van der Waals surface area contributed by atoms with E-state index in [2.05, 4.69) is 10.3 Å². The number of pyridine rings is 1. The van der Waals surface area contributed by atoms with Crippen LogP contribution in [0.25, 0.3) is 0 Å². The first-order valence-corrected chi connectivity index (χ1v) is 5.62. The molecule has 0 aliphatic rings. The van der Waals surface area contributed by atoms with Gasteiger partial charge in [0.25, 0.3) is 0 Å². The molecule has 1 heterocycles. The van der Waals surface area contributed by atoms with E-state index in [4.69, 9.17) is 0 Å². The Morgan fingerprint density at radius 1 is 1.28 bits per heavy atom. The predicted molar refractivity (Wildman–Crippen MR) is 68.2 cm³/mol. The molecule has 92 valence electrons. The highest BCUT2D eigenvalue weighted by Crippen LogP contribution is 2.18. The van der Waals surface area contributed by atoms with E-state index >= 15 is 0 Å². The fraction of sp³-hybridized carbons (Fsp3) is 0.154. The monoisotopic (exact) mass is 244 g/mol. The lowest BCUT2D eigenvalue weighted by Crippen LogP contribution is -2.15. The minimum atomic E-state index is -0.406. The summed E-state index contributed by atoms with van der Waals surface area (Å²) in [6, 6.07) is 11.0. The lowest BCUT2D eigenvalue weighted by Gasteiger charge is -2.03. The van der Waals surface area contributed by atoms with Gasteiger partial charge >= 0.3 is 11.5 Å². The van der Waals surface area contributed by atoms with Crippen molar-refractivity contribution in [1.29, 1.82) is 0 Å². The lowest BCUT2D eigenvalue weighted by atomic mass is 10.1. The van der Waals surface area contributed by atoms with Gasteiger partial charge in [-0.05, 0) is 24.1 Å². The number of H-pyrrole nitrogens is 1. The second kappa shape index (κ2) is 5.27. The average molecular weight is 244 g/mol. The molecule has 2 rings (SSSR count). The van der Waals surface area contributed by atoms with Crippen molar-refractivity contribution in [2.45, 2.75) is 13.5 Å². The van der Waals surface area contributed by atoms with Gasteiger partial charge in [-0.25, -0.2) is 4.98 Å². The molecule has 0 radical (unpaired) electrons. The standard InChI is InChI=1S/C13H13N3O2/c1-10-5-2-3-6-11(10)9-15-13-12(16(17)18)7-4-8-14-13/h2-8H,9H2,1H3,(H,14,15)/p+1. The van der Waals surface area contributed by atoms with Crippen LogP contribution in [0.3, 0.4) is 0 Å². The van der Waals surface area contributed by atoms with E-state index in [1.165, 1.54) is 6.07 Å². The number of nitro groups is 1. The smallest absolute Gasteiger partial charge is 0.264 e. The molecule has 0 atom stereocenters. The zero-order valence-electron chi connectivity index (χ0n) is 10.0. The third kappa shape index (κ3) is 2.63. The Balaban J connectivity index is 2.16. The second-order valence-electron chi connectivity index (χ2n) is 3.97. The molecule has 2 aromatic rings. The average Bonchev–Trinajstić information content (AvgIpc) is 2.38. The van der Waals surface area contributed by atoms with Gasteiger partial charge in [-0.15, -0.1) is 0 Å². The van der Waals surface area contributed by atoms with Crippen molar-refractivity contribution in [2.24, 2.45) is 0 Å². The normalized spacial score (nSPS) is 10.1. The first-order valence-electron chi connectivity index (χ1n) is 5.62. The Labute approximate surface area is 105 Å². The molecule has 0 aliphatic heterocycles. The van der Waals surface area contributed by atoms with E-state index in [-0.39, 0.29) is 5.69 Å². The summed E-state index contributed by atoms with van der Waals surface area (Å²) >= 11 is 0. The Hall–Kier alpha value is -2.43. The Morgan fingerprint density at radius 3 is 2.78 bits per heavy atom. The molecule has 0 saturated carbocycles. The summed E-state index contributed by atoms with van der Waals surface area (Å²) in [6.45, 7) is 2.56. The molecule has 0 aliphatic carbocycles. The van der Waals surface area contributed by atoms with E-state index in [1.807, 2.05) is 31.2 Å². The molecule has 0 fully saturated rings. The van der Waals surface area contributed by atoms with Gasteiger partial charge in [0, 0.05) is 6.07 Å². The van der Waals surface area contributed by atoms with Crippen molar-refractivity contribution < 1.29 is 9.91 Å². The van der Waals surface area contributed by atoms with Crippen LogP contribution in [0.4, 0.5) is 11.5 Å². The first kappa shape index (κ1) is 12.0. The van der Waals surface area contributed by atoms with Crippen LogP contribution in [0.5, 0.6) is 0 Å². The lowest BCUT2D eigenvalue weighted by molar-refractivity contribution is -0.409. The van der Waals surface area contributed by atoms with E-state index in [1.54, 1.807) is 12.3 Å². The van der Waals surface area contributed by atoms with Crippen LogP contribution in [0.2, 0.25) is 0 Å². The molecule has 5 heteroatoms.